The Morgan fingerprint density at radius 2 is 1.85 bits per heavy atom. The van der Waals surface area contributed by atoms with E-state index < -0.39 is 0 Å². The van der Waals surface area contributed by atoms with E-state index >= 15 is 0 Å². The number of aryl methyl sites for hydroxylation is 2. The number of ether oxygens (including phenoxy) is 1. The number of rotatable bonds is 8. The first-order chi connectivity index (χ1) is 9.49. The second-order valence-corrected chi connectivity index (χ2v) is 5.58. The summed E-state index contributed by atoms with van der Waals surface area (Å²) >= 11 is 0. The maximum atomic E-state index is 7.51. The van der Waals surface area contributed by atoms with Gasteiger partial charge in [0.1, 0.15) is 11.6 Å². The average molecular weight is 276 g/mol. The van der Waals surface area contributed by atoms with Crippen molar-refractivity contribution in [1.29, 1.82) is 5.41 Å². The van der Waals surface area contributed by atoms with E-state index in [2.05, 4.69) is 13.8 Å². The highest BCUT2D eigenvalue weighted by Crippen LogP contribution is 2.26. The van der Waals surface area contributed by atoms with Crippen LogP contribution in [0.15, 0.2) is 12.1 Å². The van der Waals surface area contributed by atoms with Gasteiger partial charge in [0.05, 0.1) is 6.61 Å². The summed E-state index contributed by atoms with van der Waals surface area (Å²) in [5.74, 6) is 1.68. The van der Waals surface area contributed by atoms with Crippen LogP contribution in [-0.2, 0) is 0 Å². The largest absolute Gasteiger partial charge is 0.493 e. The summed E-state index contributed by atoms with van der Waals surface area (Å²) in [6.07, 6.45) is 4.89. The number of nitrogen functional groups attached to an aromatic ring is 1. The lowest BCUT2D eigenvalue weighted by Gasteiger charge is -2.19. The van der Waals surface area contributed by atoms with Crippen LogP contribution in [0.3, 0.4) is 0 Å². The maximum Gasteiger partial charge on any atom is 0.125 e. The number of hydrogen-bond donors (Lipinski definition) is 2. The zero-order valence-corrected chi connectivity index (χ0v) is 13.3. The van der Waals surface area contributed by atoms with Gasteiger partial charge in [-0.3, -0.25) is 5.41 Å². The van der Waals surface area contributed by atoms with Crippen LogP contribution >= 0.6 is 0 Å². The molecule has 0 bridgehead atoms. The van der Waals surface area contributed by atoms with Crippen molar-refractivity contribution in [3.63, 3.8) is 0 Å². The Bertz CT molecular complexity index is 431. The van der Waals surface area contributed by atoms with Gasteiger partial charge in [-0.15, -0.1) is 0 Å². The van der Waals surface area contributed by atoms with E-state index in [-0.39, 0.29) is 5.84 Å². The number of amidine groups is 1. The normalized spacial score (nSPS) is 12.2. The van der Waals surface area contributed by atoms with Crippen molar-refractivity contribution in [3.8, 4) is 5.75 Å². The fraction of sp³-hybridized carbons (Fsp3) is 0.588. The van der Waals surface area contributed by atoms with Crippen molar-refractivity contribution in [2.45, 2.75) is 53.4 Å². The molecule has 1 aromatic carbocycles. The molecule has 0 aromatic heterocycles. The van der Waals surface area contributed by atoms with Gasteiger partial charge in [0.15, 0.2) is 0 Å². The van der Waals surface area contributed by atoms with Crippen LogP contribution in [0.5, 0.6) is 5.75 Å². The predicted molar refractivity (Wildman–Crippen MR) is 85.7 cm³/mol. The molecule has 0 saturated heterocycles. The zero-order valence-electron chi connectivity index (χ0n) is 13.3. The first-order valence-electron chi connectivity index (χ1n) is 7.58. The van der Waals surface area contributed by atoms with Crippen LogP contribution in [0.25, 0.3) is 0 Å². The Hall–Kier alpha value is -1.51. The molecule has 20 heavy (non-hydrogen) atoms. The second kappa shape index (κ2) is 7.93. The number of hydrogen-bond acceptors (Lipinski definition) is 2. The van der Waals surface area contributed by atoms with Crippen LogP contribution in [0.4, 0.5) is 0 Å². The molecular formula is C17H28N2O. The summed E-state index contributed by atoms with van der Waals surface area (Å²) in [4.78, 5) is 0. The molecule has 112 valence electrons. The Morgan fingerprint density at radius 1 is 1.25 bits per heavy atom. The molecule has 1 rings (SSSR count). The van der Waals surface area contributed by atoms with Crippen LogP contribution in [0.2, 0.25) is 0 Å². The molecule has 0 saturated carbocycles. The van der Waals surface area contributed by atoms with Gasteiger partial charge in [-0.25, -0.2) is 0 Å². The van der Waals surface area contributed by atoms with E-state index in [1.54, 1.807) is 0 Å². The van der Waals surface area contributed by atoms with Crippen LogP contribution in [0, 0.1) is 25.2 Å². The lowest BCUT2D eigenvalue weighted by molar-refractivity contribution is 0.231. The Labute approximate surface area is 123 Å². The van der Waals surface area contributed by atoms with Gasteiger partial charge < -0.3 is 10.5 Å². The number of unbranched alkanes of at least 4 members (excludes halogenated alkanes) is 1. The third-order valence-electron chi connectivity index (χ3n) is 3.78. The Morgan fingerprint density at radius 3 is 2.30 bits per heavy atom. The summed E-state index contributed by atoms with van der Waals surface area (Å²) in [6, 6.07) is 3.86. The summed E-state index contributed by atoms with van der Waals surface area (Å²) in [5.41, 5.74) is 8.42. The van der Waals surface area contributed by atoms with Crippen LogP contribution in [-0.4, -0.2) is 12.4 Å². The average Bonchev–Trinajstić information content (AvgIpc) is 2.40. The highest BCUT2D eigenvalue weighted by Gasteiger charge is 2.11. The highest BCUT2D eigenvalue weighted by molar-refractivity contribution is 5.95. The first kappa shape index (κ1) is 16.5. The van der Waals surface area contributed by atoms with Gasteiger partial charge in [-0.05, 0) is 49.4 Å². The molecular weight excluding hydrogens is 248 g/mol. The van der Waals surface area contributed by atoms with E-state index in [1.807, 2.05) is 26.0 Å². The molecule has 0 spiro atoms. The molecule has 1 atom stereocenters. The highest BCUT2D eigenvalue weighted by atomic mass is 16.5. The van der Waals surface area contributed by atoms with Gasteiger partial charge in [0.2, 0.25) is 0 Å². The maximum absolute atomic E-state index is 7.51. The van der Waals surface area contributed by atoms with E-state index in [0.717, 1.165) is 35.5 Å². The molecule has 0 aliphatic heterocycles. The third-order valence-corrected chi connectivity index (χ3v) is 3.78. The van der Waals surface area contributed by atoms with Gasteiger partial charge >= 0.3 is 0 Å². The smallest absolute Gasteiger partial charge is 0.125 e. The molecule has 0 aliphatic carbocycles. The van der Waals surface area contributed by atoms with Crippen LogP contribution in [0.1, 0.15) is 56.2 Å². The lowest BCUT2D eigenvalue weighted by atomic mass is 10.00. The minimum absolute atomic E-state index is 0.108. The van der Waals surface area contributed by atoms with Gasteiger partial charge in [0, 0.05) is 5.56 Å². The fourth-order valence-corrected chi connectivity index (χ4v) is 2.43. The molecule has 3 N–H and O–H groups in total. The van der Waals surface area contributed by atoms with E-state index in [9.17, 15) is 0 Å². The quantitative estimate of drug-likeness (QED) is 0.552. The van der Waals surface area contributed by atoms with Crippen molar-refractivity contribution in [3.05, 3.63) is 28.8 Å². The molecule has 0 fully saturated rings. The number of nitrogens with one attached hydrogen (secondary N) is 1. The molecule has 1 unspecified atom stereocenters. The van der Waals surface area contributed by atoms with Gasteiger partial charge in [-0.2, -0.15) is 0 Å². The predicted octanol–water partition coefficient (Wildman–Crippen LogP) is 4.18. The summed E-state index contributed by atoms with van der Waals surface area (Å²) < 4.78 is 6.04. The minimum Gasteiger partial charge on any atom is -0.493 e. The fourth-order valence-electron chi connectivity index (χ4n) is 2.43. The van der Waals surface area contributed by atoms with Crippen LogP contribution < -0.4 is 10.5 Å². The second-order valence-electron chi connectivity index (χ2n) is 5.58. The molecule has 3 heteroatoms. The Kier molecular flexibility index (Phi) is 6.56. The molecule has 0 heterocycles. The monoisotopic (exact) mass is 276 g/mol. The van der Waals surface area contributed by atoms with Crippen molar-refractivity contribution >= 4 is 5.84 Å². The van der Waals surface area contributed by atoms with Crippen molar-refractivity contribution in [2.24, 2.45) is 11.7 Å². The molecule has 0 radical (unpaired) electrons. The molecule has 1 aromatic rings. The van der Waals surface area contributed by atoms with Gasteiger partial charge in [0.25, 0.3) is 0 Å². The summed E-state index contributed by atoms with van der Waals surface area (Å²) in [6.45, 7) is 9.26. The number of benzene rings is 1. The SMILES string of the molecule is CCCCC(CC)COc1c(C)cc(C(=N)N)cc1C. The minimum atomic E-state index is 0.108. The number of nitrogens with two attached hydrogens (primary N) is 1. The first-order valence-corrected chi connectivity index (χ1v) is 7.58. The van der Waals surface area contributed by atoms with E-state index in [1.165, 1.54) is 19.3 Å². The summed E-state index contributed by atoms with van der Waals surface area (Å²) in [7, 11) is 0. The topological polar surface area (TPSA) is 59.1 Å². The molecule has 0 aliphatic rings. The van der Waals surface area contributed by atoms with Crippen molar-refractivity contribution < 1.29 is 4.74 Å². The van der Waals surface area contributed by atoms with E-state index in [4.69, 9.17) is 15.9 Å². The summed E-state index contributed by atoms with van der Waals surface area (Å²) in [5, 5.41) is 7.51. The lowest BCUT2D eigenvalue weighted by Crippen LogP contribution is -2.14. The molecule has 0 amide bonds. The van der Waals surface area contributed by atoms with Crippen molar-refractivity contribution in [2.75, 3.05) is 6.61 Å². The molecule has 3 nitrogen and oxygen atoms in total. The van der Waals surface area contributed by atoms with Crippen molar-refractivity contribution in [1.82, 2.24) is 0 Å². The third kappa shape index (κ3) is 4.55. The van der Waals surface area contributed by atoms with Gasteiger partial charge in [-0.1, -0.05) is 33.1 Å². The zero-order chi connectivity index (χ0) is 15.1. The standard InChI is InChI=1S/C17H28N2O/c1-5-7-8-14(6-2)11-20-16-12(3)9-15(17(18)19)10-13(16)4/h9-10,14H,5-8,11H2,1-4H3,(H3,18,19). The van der Waals surface area contributed by atoms with E-state index in [0.29, 0.717) is 5.92 Å². The Balaban J connectivity index is 2.75.